The van der Waals surface area contributed by atoms with E-state index in [2.05, 4.69) is 32.1 Å². The number of hydrogen-bond acceptors (Lipinski definition) is 4. The smallest absolute Gasteiger partial charge is 0.232 e. The lowest BCUT2D eigenvalue weighted by molar-refractivity contribution is 0.600. The minimum absolute atomic E-state index is 0.109. The number of fused-ring (bicyclic) bond motifs is 1. The fourth-order valence-electron chi connectivity index (χ4n) is 2.72. The predicted molar refractivity (Wildman–Crippen MR) is 102 cm³/mol. The second-order valence-electron chi connectivity index (χ2n) is 5.89. The molecule has 25 heavy (non-hydrogen) atoms. The van der Waals surface area contributed by atoms with Crippen molar-refractivity contribution in [2.24, 2.45) is 0 Å². The maximum absolute atomic E-state index is 11.7. The van der Waals surface area contributed by atoms with E-state index in [4.69, 9.17) is 0 Å². The van der Waals surface area contributed by atoms with Gasteiger partial charge in [0.2, 0.25) is 10.0 Å². The van der Waals surface area contributed by atoms with E-state index in [0.717, 1.165) is 24.3 Å². The number of anilines is 2. The number of H-pyrrole nitrogens is 1. The minimum atomic E-state index is -3.28. The summed E-state index contributed by atoms with van der Waals surface area (Å²) in [6, 6.07) is 11.7. The molecule has 132 valence electrons. The summed E-state index contributed by atoms with van der Waals surface area (Å²) in [6.45, 7) is 2.58. The Morgan fingerprint density at radius 2 is 2.00 bits per heavy atom. The Balaban J connectivity index is 1.55. The number of pyridine rings is 1. The number of aromatic amines is 1. The maximum atomic E-state index is 11.7. The topological polar surface area (TPSA) is 86.9 Å². The quantitative estimate of drug-likeness (QED) is 0.576. The van der Waals surface area contributed by atoms with Crippen molar-refractivity contribution in [3.05, 3.63) is 54.4 Å². The zero-order valence-electron chi connectivity index (χ0n) is 14.1. The first-order chi connectivity index (χ1) is 12.1. The van der Waals surface area contributed by atoms with Gasteiger partial charge in [0.25, 0.3) is 0 Å². The van der Waals surface area contributed by atoms with Gasteiger partial charge < -0.3 is 10.3 Å². The molecule has 0 unspecified atom stereocenters. The summed E-state index contributed by atoms with van der Waals surface area (Å²) in [6.07, 6.45) is 5.01. The Kier molecular flexibility index (Phi) is 5.23. The van der Waals surface area contributed by atoms with Crippen LogP contribution in [0.15, 0.2) is 48.8 Å². The van der Waals surface area contributed by atoms with Crippen LogP contribution in [-0.4, -0.2) is 30.7 Å². The molecule has 2 aromatic heterocycles. The van der Waals surface area contributed by atoms with Crippen molar-refractivity contribution in [2.75, 3.05) is 22.3 Å². The van der Waals surface area contributed by atoms with E-state index in [-0.39, 0.29) is 5.75 Å². The summed E-state index contributed by atoms with van der Waals surface area (Å²) in [7, 11) is -3.28. The Morgan fingerprint density at radius 1 is 1.16 bits per heavy atom. The second kappa shape index (κ2) is 7.57. The highest BCUT2D eigenvalue weighted by molar-refractivity contribution is 7.92. The van der Waals surface area contributed by atoms with Crippen LogP contribution >= 0.6 is 0 Å². The number of nitrogens with zero attached hydrogens (tertiary/aromatic N) is 1. The molecule has 0 amide bonds. The molecular formula is C18H22N4O2S. The van der Waals surface area contributed by atoms with E-state index in [1.165, 1.54) is 17.1 Å². The number of hydrogen-bond donors (Lipinski definition) is 3. The van der Waals surface area contributed by atoms with Gasteiger partial charge in [-0.1, -0.05) is 25.1 Å². The van der Waals surface area contributed by atoms with Crippen LogP contribution in [0.5, 0.6) is 0 Å². The van der Waals surface area contributed by atoms with E-state index in [9.17, 15) is 8.42 Å². The largest absolute Gasteiger partial charge is 0.370 e. The molecule has 0 atom stereocenters. The van der Waals surface area contributed by atoms with Crippen molar-refractivity contribution in [3.63, 3.8) is 0 Å². The lowest BCUT2D eigenvalue weighted by Crippen LogP contribution is -2.16. The summed E-state index contributed by atoms with van der Waals surface area (Å²) >= 11 is 0. The van der Waals surface area contributed by atoms with Gasteiger partial charge in [0, 0.05) is 23.6 Å². The van der Waals surface area contributed by atoms with Gasteiger partial charge in [-0.3, -0.25) is 4.72 Å². The maximum Gasteiger partial charge on any atom is 0.232 e. The first kappa shape index (κ1) is 17.3. The van der Waals surface area contributed by atoms with Gasteiger partial charge in [0.15, 0.2) is 0 Å². The molecule has 2 heterocycles. The molecule has 3 aromatic rings. The Bertz CT molecular complexity index is 933. The molecule has 0 saturated heterocycles. The molecule has 0 aliphatic rings. The normalized spacial score (nSPS) is 11.6. The molecular weight excluding hydrogens is 336 g/mol. The molecule has 0 saturated carbocycles. The van der Waals surface area contributed by atoms with E-state index in [0.29, 0.717) is 12.1 Å². The number of sulfonamides is 1. The van der Waals surface area contributed by atoms with Crippen molar-refractivity contribution >= 4 is 32.4 Å². The predicted octanol–water partition coefficient (Wildman–Crippen LogP) is 3.37. The average Bonchev–Trinajstić information content (AvgIpc) is 2.99. The molecule has 0 spiro atoms. The molecule has 0 radical (unpaired) electrons. The van der Waals surface area contributed by atoms with E-state index < -0.39 is 10.0 Å². The highest BCUT2D eigenvalue weighted by atomic mass is 32.2. The fraction of sp³-hybridized carbons (Fsp3) is 0.278. The third-order valence-corrected chi connectivity index (χ3v) is 5.38. The molecule has 0 aliphatic carbocycles. The monoisotopic (exact) mass is 358 g/mol. The highest BCUT2D eigenvalue weighted by Crippen LogP contribution is 2.18. The lowest BCUT2D eigenvalue weighted by atomic mass is 10.1. The first-order valence-electron chi connectivity index (χ1n) is 8.33. The highest BCUT2D eigenvalue weighted by Gasteiger charge is 2.09. The van der Waals surface area contributed by atoms with E-state index >= 15 is 0 Å². The third-order valence-electron chi connectivity index (χ3n) is 3.89. The summed E-state index contributed by atoms with van der Waals surface area (Å²) in [5, 5.41) is 4.49. The van der Waals surface area contributed by atoms with Gasteiger partial charge in [-0.15, -0.1) is 0 Å². The van der Waals surface area contributed by atoms with E-state index in [1.54, 1.807) is 12.1 Å². The van der Waals surface area contributed by atoms with Gasteiger partial charge in [-0.25, -0.2) is 13.4 Å². The summed E-state index contributed by atoms with van der Waals surface area (Å²) < 4.78 is 26.0. The molecule has 6 nitrogen and oxygen atoms in total. The van der Waals surface area contributed by atoms with Crippen LogP contribution in [0.4, 0.5) is 11.5 Å². The van der Waals surface area contributed by atoms with Gasteiger partial charge in [-0.2, -0.15) is 0 Å². The van der Waals surface area contributed by atoms with Crippen LogP contribution in [0.3, 0.4) is 0 Å². The van der Waals surface area contributed by atoms with Crippen LogP contribution < -0.4 is 10.0 Å². The lowest BCUT2D eigenvalue weighted by Gasteiger charge is -2.08. The second-order valence-corrected chi connectivity index (χ2v) is 7.73. The van der Waals surface area contributed by atoms with Crippen molar-refractivity contribution in [1.29, 1.82) is 0 Å². The molecule has 0 bridgehead atoms. The Morgan fingerprint density at radius 3 is 2.76 bits per heavy atom. The van der Waals surface area contributed by atoms with Crippen molar-refractivity contribution < 1.29 is 8.42 Å². The Labute approximate surface area is 147 Å². The van der Waals surface area contributed by atoms with Gasteiger partial charge >= 0.3 is 0 Å². The van der Waals surface area contributed by atoms with Crippen LogP contribution in [-0.2, 0) is 16.4 Å². The number of aromatic nitrogens is 2. The van der Waals surface area contributed by atoms with Crippen LogP contribution in [0, 0.1) is 0 Å². The number of benzene rings is 1. The summed E-state index contributed by atoms with van der Waals surface area (Å²) in [5.74, 6) is 0.829. The zero-order valence-corrected chi connectivity index (χ0v) is 14.9. The van der Waals surface area contributed by atoms with Crippen LogP contribution in [0.1, 0.15) is 18.9 Å². The van der Waals surface area contributed by atoms with Gasteiger partial charge in [-0.05, 0) is 36.6 Å². The molecule has 3 N–H and O–H groups in total. The van der Waals surface area contributed by atoms with Crippen LogP contribution in [0.2, 0.25) is 0 Å². The molecule has 0 aliphatic heterocycles. The fourth-order valence-corrected chi connectivity index (χ4v) is 3.84. The van der Waals surface area contributed by atoms with Crippen molar-refractivity contribution in [2.45, 2.75) is 19.8 Å². The molecule has 7 heteroatoms. The first-order valence-corrected chi connectivity index (χ1v) is 9.98. The van der Waals surface area contributed by atoms with E-state index in [1.807, 2.05) is 25.3 Å². The standard InChI is InChI=1S/C18H22N4O2S/c1-2-11-25(23,24)22-15-7-8-18(21-13-15)19-10-9-14-12-20-17-6-4-3-5-16(14)17/h3-8,12-13,20,22H,2,9-11H2,1H3,(H,19,21). The minimum Gasteiger partial charge on any atom is -0.370 e. The van der Waals surface area contributed by atoms with Crippen LogP contribution in [0.25, 0.3) is 10.9 Å². The molecule has 3 rings (SSSR count). The zero-order chi connectivity index (χ0) is 17.7. The molecule has 1 aromatic carbocycles. The average molecular weight is 358 g/mol. The SMILES string of the molecule is CCCS(=O)(=O)Nc1ccc(NCCc2c[nH]c3ccccc23)nc1. The summed E-state index contributed by atoms with van der Waals surface area (Å²) in [4.78, 5) is 7.53. The number of para-hydroxylation sites is 1. The molecule has 0 fully saturated rings. The summed E-state index contributed by atoms with van der Waals surface area (Å²) in [5.41, 5.74) is 2.88. The number of rotatable bonds is 8. The van der Waals surface area contributed by atoms with Crippen molar-refractivity contribution in [1.82, 2.24) is 9.97 Å². The Hall–Kier alpha value is -2.54. The van der Waals surface area contributed by atoms with Crippen molar-refractivity contribution in [3.8, 4) is 0 Å². The number of nitrogens with one attached hydrogen (secondary N) is 3. The van der Waals surface area contributed by atoms with Gasteiger partial charge in [0.1, 0.15) is 5.82 Å². The third kappa shape index (κ3) is 4.51. The van der Waals surface area contributed by atoms with Gasteiger partial charge in [0.05, 0.1) is 17.6 Å².